The lowest BCUT2D eigenvalue weighted by Crippen LogP contribution is -2.63. The number of rotatable bonds is 13. The van der Waals surface area contributed by atoms with E-state index in [1.54, 1.807) is 32.9 Å². The first-order chi connectivity index (χ1) is 30.5. The van der Waals surface area contributed by atoms with Gasteiger partial charge < -0.3 is 79.6 Å². The van der Waals surface area contributed by atoms with Crippen molar-refractivity contribution in [2.24, 2.45) is 16.6 Å². The molecule has 5 rings (SSSR count). The van der Waals surface area contributed by atoms with Crippen molar-refractivity contribution in [3.8, 4) is 0 Å². The number of aliphatic hydroxyl groups excluding tert-OH is 6. The molecule has 67 heavy (non-hydrogen) atoms. The van der Waals surface area contributed by atoms with E-state index in [1.807, 2.05) is 96.9 Å². The van der Waals surface area contributed by atoms with Crippen LogP contribution in [0.1, 0.15) is 116 Å². The van der Waals surface area contributed by atoms with Crippen LogP contribution in [0.2, 0.25) is 0 Å². The fourth-order valence-corrected chi connectivity index (χ4v) is 8.39. The van der Waals surface area contributed by atoms with Crippen LogP contribution in [0.3, 0.4) is 0 Å². The van der Waals surface area contributed by atoms with E-state index in [-0.39, 0.29) is 4.90 Å². The molecule has 20 heteroatoms. The summed E-state index contributed by atoms with van der Waals surface area (Å²) in [6.07, 6.45) is -15.9. The van der Waals surface area contributed by atoms with Gasteiger partial charge in [-0.25, -0.2) is 0 Å². The SMILES string of the molecule is CCN.CCNCC1OC(OC(C)(C)C)C(O)C(O)C1OC1OC(C)(C)C(C)(C)C1O.Cc1ccc(S(=O)(=O)OCC2OC(OC(C)(C)C)C(O)C(O)C2OC2OC(C)(C)C(C)(C)C2O)cc1. The zero-order valence-electron chi connectivity index (χ0n) is 42.9. The number of benzene rings is 1. The van der Waals surface area contributed by atoms with Crippen LogP contribution in [0.25, 0.3) is 0 Å². The standard InChI is InChI=1S/C25H40O10S.C20H39NO7.C2H7N/c1-14-9-11-15(12-10-14)36(29,30)31-13-16-19(17(26)18(27)21(32-16)34-23(2,3)4)33-22-20(28)24(5,6)25(7,8)35-22;1-9-21-10-11-14(12(22)13(23)16(25-11)27-18(2,3)4)26-17-15(24)19(5,6)20(7,8)28-17;1-2-3/h9-12,16-22,26-28H,13H2,1-8H3;11-17,21-24H,9-10H2,1-8H3;2-3H2,1H3. The fourth-order valence-electron chi connectivity index (χ4n) is 7.47. The quantitative estimate of drug-likeness (QED) is 0.132. The second-order valence-corrected chi connectivity index (χ2v) is 23.4. The van der Waals surface area contributed by atoms with E-state index in [0.29, 0.717) is 13.1 Å². The Labute approximate surface area is 399 Å². The van der Waals surface area contributed by atoms with Gasteiger partial charge in [0.05, 0.1) is 33.9 Å². The summed E-state index contributed by atoms with van der Waals surface area (Å²) in [6.45, 7) is 32.7. The van der Waals surface area contributed by atoms with Gasteiger partial charge in [-0.05, 0) is 101 Å². The number of aryl methyl sites for hydroxylation is 1. The molecular weight excluding hydrogens is 897 g/mol. The highest BCUT2D eigenvalue weighted by Crippen LogP contribution is 2.48. The Morgan fingerprint density at radius 1 is 0.642 bits per heavy atom. The minimum atomic E-state index is -4.16. The molecule has 9 N–H and O–H groups in total. The maximum Gasteiger partial charge on any atom is 0.297 e. The molecule has 1 aromatic carbocycles. The maximum absolute atomic E-state index is 12.8. The van der Waals surface area contributed by atoms with Crippen molar-refractivity contribution in [2.75, 3.05) is 26.2 Å². The van der Waals surface area contributed by atoms with Crippen LogP contribution in [-0.2, 0) is 52.2 Å². The van der Waals surface area contributed by atoms with Gasteiger partial charge in [-0.2, -0.15) is 8.42 Å². The molecule has 0 aromatic heterocycles. The molecule has 0 saturated carbocycles. The highest BCUT2D eigenvalue weighted by Gasteiger charge is 2.59. The van der Waals surface area contributed by atoms with Crippen LogP contribution < -0.4 is 11.1 Å². The Balaban J connectivity index is 0.000000345. The van der Waals surface area contributed by atoms with Crippen molar-refractivity contribution in [1.29, 1.82) is 0 Å². The first kappa shape index (κ1) is 59.8. The Bertz CT molecular complexity index is 1780. The van der Waals surface area contributed by atoms with E-state index in [9.17, 15) is 39.1 Å². The predicted octanol–water partition coefficient (Wildman–Crippen LogP) is 2.60. The molecule has 14 atom stereocenters. The third-order valence-electron chi connectivity index (χ3n) is 13.0. The number of nitrogens with one attached hydrogen (secondary N) is 1. The Hall–Kier alpha value is -1.51. The monoisotopic (exact) mass is 983 g/mol. The maximum atomic E-state index is 12.8. The van der Waals surface area contributed by atoms with Gasteiger partial charge in [-0.1, -0.05) is 59.2 Å². The van der Waals surface area contributed by atoms with E-state index >= 15 is 0 Å². The van der Waals surface area contributed by atoms with Gasteiger partial charge in [0.1, 0.15) is 61.0 Å². The highest BCUT2D eigenvalue weighted by atomic mass is 32.2. The van der Waals surface area contributed by atoms with Gasteiger partial charge in [0.25, 0.3) is 10.1 Å². The average molecular weight is 983 g/mol. The topological polar surface area (TPSA) is 277 Å². The lowest BCUT2D eigenvalue weighted by molar-refractivity contribution is -0.343. The molecule has 4 aliphatic rings. The predicted molar refractivity (Wildman–Crippen MR) is 248 cm³/mol. The van der Waals surface area contributed by atoms with Crippen molar-refractivity contribution in [2.45, 2.75) is 231 Å². The lowest BCUT2D eigenvalue weighted by atomic mass is 9.75. The minimum Gasteiger partial charge on any atom is -0.387 e. The van der Waals surface area contributed by atoms with E-state index in [0.717, 1.165) is 12.1 Å². The summed E-state index contributed by atoms with van der Waals surface area (Å²) < 4.78 is 78.1. The van der Waals surface area contributed by atoms with Crippen molar-refractivity contribution in [1.82, 2.24) is 5.32 Å². The molecule has 0 amide bonds. The largest absolute Gasteiger partial charge is 0.387 e. The molecule has 4 aliphatic heterocycles. The molecule has 392 valence electrons. The lowest BCUT2D eigenvalue weighted by Gasteiger charge is -2.45. The van der Waals surface area contributed by atoms with Crippen LogP contribution in [0.4, 0.5) is 0 Å². The number of hydrogen-bond acceptors (Lipinski definition) is 19. The molecule has 0 aliphatic carbocycles. The van der Waals surface area contributed by atoms with Crippen LogP contribution >= 0.6 is 0 Å². The number of hydrogen-bond donors (Lipinski definition) is 8. The second kappa shape index (κ2) is 22.9. The van der Waals surface area contributed by atoms with Crippen LogP contribution in [0.5, 0.6) is 0 Å². The Kier molecular flexibility index (Phi) is 20.5. The van der Waals surface area contributed by atoms with Gasteiger partial charge in [0.15, 0.2) is 25.2 Å². The van der Waals surface area contributed by atoms with Gasteiger partial charge in [-0.15, -0.1) is 0 Å². The first-order valence-corrected chi connectivity index (χ1v) is 24.7. The van der Waals surface area contributed by atoms with Crippen molar-refractivity contribution >= 4 is 10.1 Å². The molecule has 14 unspecified atom stereocenters. The summed E-state index contributed by atoms with van der Waals surface area (Å²) >= 11 is 0. The summed E-state index contributed by atoms with van der Waals surface area (Å²) in [5.74, 6) is 0. The molecular formula is C47H86N2O17S. The Morgan fingerprint density at radius 3 is 1.36 bits per heavy atom. The summed E-state index contributed by atoms with van der Waals surface area (Å²) in [4.78, 5) is -0.0394. The third-order valence-corrected chi connectivity index (χ3v) is 14.3. The van der Waals surface area contributed by atoms with E-state index in [2.05, 4.69) is 5.32 Å². The third kappa shape index (κ3) is 14.8. The van der Waals surface area contributed by atoms with Gasteiger partial charge in [0, 0.05) is 17.4 Å². The molecule has 4 heterocycles. The molecule has 4 fully saturated rings. The van der Waals surface area contributed by atoms with Crippen LogP contribution in [0, 0.1) is 17.8 Å². The summed E-state index contributed by atoms with van der Waals surface area (Å²) in [5, 5.41) is 67.8. The molecule has 0 radical (unpaired) electrons. The van der Waals surface area contributed by atoms with Crippen molar-refractivity contribution < 1.29 is 81.1 Å². The van der Waals surface area contributed by atoms with E-state index < -0.39 is 136 Å². The molecule has 0 spiro atoms. The first-order valence-electron chi connectivity index (χ1n) is 23.3. The molecule has 19 nitrogen and oxygen atoms in total. The number of nitrogens with two attached hydrogens (primary N) is 1. The van der Waals surface area contributed by atoms with Gasteiger partial charge in [-0.3, -0.25) is 4.18 Å². The number of likely N-dealkylation sites (N-methyl/N-ethyl adjacent to an activating group) is 1. The van der Waals surface area contributed by atoms with E-state index in [1.165, 1.54) is 12.1 Å². The van der Waals surface area contributed by atoms with E-state index in [4.69, 9.17) is 47.8 Å². The zero-order chi connectivity index (χ0) is 51.5. The molecule has 0 bridgehead atoms. The van der Waals surface area contributed by atoms with Crippen molar-refractivity contribution in [3.05, 3.63) is 29.8 Å². The van der Waals surface area contributed by atoms with Crippen molar-refractivity contribution in [3.63, 3.8) is 0 Å². The van der Waals surface area contributed by atoms with Gasteiger partial charge in [0.2, 0.25) is 0 Å². The summed E-state index contributed by atoms with van der Waals surface area (Å²) in [7, 11) is -4.16. The van der Waals surface area contributed by atoms with Crippen LogP contribution in [-0.4, -0.2) is 174 Å². The fraction of sp³-hybridized carbons (Fsp3) is 0.872. The number of aliphatic hydroxyl groups is 6. The molecule has 4 saturated heterocycles. The zero-order valence-corrected chi connectivity index (χ0v) is 43.7. The summed E-state index contributed by atoms with van der Waals surface area (Å²) in [6, 6.07) is 6.15. The van der Waals surface area contributed by atoms with Crippen LogP contribution in [0.15, 0.2) is 29.2 Å². The summed E-state index contributed by atoms with van der Waals surface area (Å²) in [5.41, 5.74) is 1.80. The number of ether oxygens (including phenoxy) is 8. The minimum absolute atomic E-state index is 0.0394. The average Bonchev–Trinajstić information content (AvgIpc) is 3.45. The Morgan fingerprint density at radius 2 is 1.01 bits per heavy atom. The smallest absolute Gasteiger partial charge is 0.297 e. The molecule has 1 aromatic rings. The highest BCUT2D eigenvalue weighted by molar-refractivity contribution is 7.86. The van der Waals surface area contributed by atoms with Gasteiger partial charge >= 0.3 is 0 Å². The second-order valence-electron chi connectivity index (χ2n) is 21.8. The normalized spacial score (nSPS) is 35.8.